The highest BCUT2D eigenvalue weighted by Gasteiger charge is 2.68. The number of ether oxygens (including phenoxy) is 1. The molecule has 0 spiro atoms. The van der Waals surface area contributed by atoms with Gasteiger partial charge in [-0.25, -0.2) is 4.90 Å². The Bertz CT molecular complexity index is 1510. The molecule has 1 fully saturated rings. The molecule has 4 aromatic rings. The van der Waals surface area contributed by atoms with E-state index in [-0.39, 0.29) is 23.7 Å². The minimum Gasteiger partial charge on any atom is -0.457 e. The van der Waals surface area contributed by atoms with E-state index in [9.17, 15) is 9.59 Å². The average Bonchev–Trinajstić information content (AvgIpc) is 3.11. The third-order valence-electron chi connectivity index (χ3n) is 8.43. The number of para-hydroxylation sites is 1. The standard InChI is InChI=1S/C32H25NO3/c1-19-9-3-8-14-26(19)36-21-17-15-20(16-18-21)33-30(34)29-27-22-10-4-6-12-24(22)28(32(29,2)31(33)35)25-13-7-5-11-23(25)27/h3-18,27-29H,1-2H3. The van der Waals surface area contributed by atoms with Gasteiger partial charge in [0, 0.05) is 11.8 Å². The van der Waals surface area contributed by atoms with Gasteiger partial charge in [0.2, 0.25) is 11.8 Å². The van der Waals surface area contributed by atoms with Crippen LogP contribution in [-0.2, 0) is 9.59 Å². The van der Waals surface area contributed by atoms with E-state index in [1.807, 2.05) is 86.6 Å². The lowest BCUT2D eigenvalue weighted by molar-refractivity contribution is -0.128. The Morgan fingerprint density at radius 3 is 1.89 bits per heavy atom. The summed E-state index contributed by atoms with van der Waals surface area (Å²) in [4.78, 5) is 29.7. The van der Waals surface area contributed by atoms with Crippen LogP contribution in [0.5, 0.6) is 11.5 Å². The molecule has 4 aromatic carbocycles. The highest BCUT2D eigenvalue weighted by Crippen LogP contribution is 2.67. The average molecular weight is 472 g/mol. The van der Waals surface area contributed by atoms with Crippen LogP contribution >= 0.6 is 0 Å². The first-order valence-corrected chi connectivity index (χ1v) is 12.4. The number of rotatable bonds is 3. The summed E-state index contributed by atoms with van der Waals surface area (Å²) in [6.07, 6.45) is 0. The van der Waals surface area contributed by atoms with E-state index in [1.165, 1.54) is 27.2 Å². The van der Waals surface area contributed by atoms with Gasteiger partial charge in [-0.3, -0.25) is 9.59 Å². The van der Waals surface area contributed by atoms with Crippen LogP contribution in [0.4, 0.5) is 5.69 Å². The third-order valence-corrected chi connectivity index (χ3v) is 8.43. The quantitative estimate of drug-likeness (QED) is 0.317. The smallest absolute Gasteiger partial charge is 0.241 e. The third kappa shape index (κ3) is 2.64. The van der Waals surface area contributed by atoms with Crippen molar-refractivity contribution in [3.8, 4) is 11.5 Å². The first-order chi connectivity index (χ1) is 17.5. The summed E-state index contributed by atoms with van der Waals surface area (Å²) in [6, 6.07) is 31.7. The molecule has 4 nitrogen and oxygen atoms in total. The summed E-state index contributed by atoms with van der Waals surface area (Å²) in [7, 11) is 0. The SMILES string of the molecule is Cc1ccccc1Oc1ccc(N2C(=O)C3C4c5ccccc5C(c5ccccc54)C3(C)C2=O)cc1. The second-order valence-corrected chi connectivity index (χ2v) is 10.3. The molecule has 36 heavy (non-hydrogen) atoms. The summed E-state index contributed by atoms with van der Waals surface area (Å²) in [5.41, 5.74) is 5.49. The molecule has 4 aliphatic rings. The number of carbonyl (C=O) groups is 2. The van der Waals surface area contributed by atoms with Crippen LogP contribution in [-0.4, -0.2) is 11.8 Å². The highest BCUT2D eigenvalue weighted by atomic mass is 16.5. The van der Waals surface area contributed by atoms with Crippen molar-refractivity contribution in [1.82, 2.24) is 0 Å². The topological polar surface area (TPSA) is 46.6 Å². The maximum Gasteiger partial charge on any atom is 0.241 e. The molecule has 2 amide bonds. The lowest BCUT2D eigenvalue weighted by Crippen LogP contribution is -2.49. The predicted octanol–water partition coefficient (Wildman–Crippen LogP) is 6.57. The Labute approximate surface area is 210 Å². The second-order valence-electron chi connectivity index (χ2n) is 10.3. The second kappa shape index (κ2) is 7.41. The van der Waals surface area contributed by atoms with E-state index in [1.54, 1.807) is 0 Å². The van der Waals surface area contributed by atoms with Gasteiger partial charge >= 0.3 is 0 Å². The van der Waals surface area contributed by atoms with Crippen molar-refractivity contribution < 1.29 is 14.3 Å². The number of hydrogen-bond donors (Lipinski definition) is 0. The molecule has 8 rings (SSSR count). The van der Waals surface area contributed by atoms with E-state index >= 15 is 0 Å². The highest BCUT2D eigenvalue weighted by molar-refractivity contribution is 6.25. The van der Waals surface area contributed by atoms with E-state index in [0.29, 0.717) is 11.4 Å². The first kappa shape index (κ1) is 21.1. The van der Waals surface area contributed by atoms with Gasteiger partial charge in [0.05, 0.1) is 17.0 Å². The maximum absolute atomic E-state index is 14.2. The minimum atomic E-state index is -0.833. The number of amides is 2. The van der Waals surface area contributed by atoms with Crippen LogP contribution in [0.25, 0.3) is 0 Å². The normalized spacial score (nSPS) is 25.4. The zero-order valence-electron chi connectivity index (χ0n) is 20.1. The maximum atomic E-state index is 14.2. The number of aryl methyl sites for hydroxylation is 1. The van der Waals surface area contributed by atoms with E-state index < -0.39 is 11.3 Å². The van der Waals surface area contributed by atoms with Crippen molar-refractivity contribution in [3.63, 3.8) is 0 Å². The van der Waals surface area contributed by atoms with Crippen molar-refractivity contribution in [2.24, 2.45) is 11.3 Å². The Kier molecular flexibility index (Phi) is 4.35. The van der Waals surface area contributed by atoms with Crippen LogP contribution in [0.1, 0.15) is 46.6 Å². The Morgan fingerprint density at radius 2 is 1.28 bits per heavy atom. The lowest BCUT2D eigenvalue weighted by atomic mass is 9.48. The lowest BCUT2D eigenvalue weighted by Gasteiger charge is -2.51. The number of nitrogens with zero attached hydrogens (tertiary/aromatic N) is 1. The van der Waals surface area contributed by atoms with Gasteiger partial charge < -0.3 is 4.74 Å². The molecule has 2 bridgehead atoms. The van der Waals surface area contributed by atoms with Crippen molar-refractivity contribution in [2.75, 3.05) is 4.90 Å². The van der Waals surface area contributed by atoms with Gasteiger partial charge in [0.15, 0.2) is 0 Å². The van der Waals surface area contributed by atoms with Gasteiger partial charge in [-0.2, -0.15) is 0 Å². The molecule has 2 atom stereocenters. The predicted molar refractivity (Wildman–Crippen MR) is 138 cm³/mol. The number of hydrogen-bond acceptors (Lipinski definition) is 3. The molecule has 4 heteroatoms. The van der Waals surface area contributed by atoms with Gasteiger partial charge in [0.25, 0.3) is 0 Å². The van der Waals surface area contributed by atoms with E-state index in [0.717, 1.165) is 11.3 Å². The summed E-state index contributed by atoms with van der Waals surface area (Å²) < 4.78 is 6.04. The molecule has 1 heterocycles. The van der Waals surface area contributed by atoms with Crippen molar-refractivity contribution in [2.45, 2.75) is 25.7 Å². The van der Waals surface area contributed by atoms with Crippen LogP contribution < -0.4 is 9.64 Å². The number of imide groups is 1. The van der Waals surface area contributed by atoms with Crippen molar-refractivity contribution in [1.29, 1.82) is 0 Å². The molecule has 0 N–H and O–H groups in total. The number of anilines is 1. The molecule has 1 aliphatic heterocycles. The molecular formula is C32H25NO3. The van der Waals surface area contributed by atoms with E-state index in [2.05, 4.69) is 24.3 Å². The summed E-state index contributed by atoms with van der Waals surface area (Å²) in [6.45, 7) is 4.00. The molecule has 176 valence electrons. The fraction of sp³-hybridized carbons (Fsp3) is 0.188. The van der Waals surface area contributed by atoms with Gasteiger partial charge in [-0.15, -0.1) is 0 Å². The first-order valence-electron chi connectivity index (χ1n) is 12.4. The van der Waals surface area contributed by atoms with Gasteiger partial charge in [-0.05, 0) is 72.0 Å². The molecule has 0 saturated carbocycles. The van der Waals surface area contributed by atoms with E-state index in [4.69, 9.17) is 4.74 Å². The van der Waals surface area contributed by atoms with Gasteiger partial charge in [-0.1, -0.05) is 66.7 Å². The van der Waals surface area contributed by atoms with Gasteiger partial charge in [0.1, 0.15) is 11.5 Å². The zero-order valence-corrected chi connectivity index (χ0v) is 20.1. The fourth-order valence-corrected chi connectivity index (χ4v) is 6.82. The minimum absolute atomic E-state index is 0.117. The largest absolute Gasteiger partial charge is 0.457 e. The monoisotopic (exact) mass is 471 g/mol. The Balaban J connectivity index is 1.30. The Hall–Kier alpha value is -4.18. The van der Waals surface area contributed by atoms with Crippen LogP contribution in [0.2, 0.25) is 0 Å². The zero-order chi connectivity index (χ0) is 24.6. The molecular weight excluding hydrogens is 446 g/mol. The molecule has 1 saturated heterocycles. The fourth-order valence-electron chi connectivity index (χ4n) is 6.82. The van der Waals surface area contributed by atoms with Crippen LogP contribution in [0.15, 0.2) is 97.1 Å². The molecule has 0 radical (unpaired) electrons. The van der Waals surface area contributed by atoms with Crippen LogP contribution in [0, 0.1) is 18.3 Å². The molecule has 2 unspecified atom stereocenters. The summed E-state index contributed by atoms with van der Waals surface area (Å²) in [5.74, 6) is 0.503. The van der Waals surface area contributed by atoms with Crippen molar-refractivity contribution >= 4 is 17.5 Å². The number of carbonyl (C=O) groups excluding carboxylic acids is 2. The molecule has 3 aliphatic carbocycles. The number of benzene rings is 4. The molecule has 0 aromatic heterocycles. The van der Waals surface area contributed by atoms with Crippen LogP contribution in [0.3, 0.4) is 0 Å². The summed E-state index contributed by atoms with van der Waals surface area (Å²) in [5, 5.41) is 0. The Morgan fingerprint density at radius 1 is 0.722 bits per heavy atom. The van der Waals surface area contributed by atoms with Crippen molar-refractivity contribution in [3.05, 3.63) is 125 Å². The summed E-state index contributed by atoms with van der Waals surface area (Å²) >= 11 is 0.